The second kappa shape index (κ2) is 8.40. The lowest BCUT2D eigenvalue weighted by Gasteiger charge is -2.36. The van der Waals surface area contributed by atoms with E-state index in [1.807, 2.05) is 0 Å². The molecule has 150 valence electrons. The Bertz CT molecular complexity index is 552. The van der Waals surface area contributed by atoms with Gasteiger partial charge in [-0.1, -0.05) is 0 Å². The summed E-state index contributed by atoms with van der Waals surface area (Å²) in [5, 5.41) is 7.56. The number of carbonyl (C=O) groups excluding carboxylic acids is 3. The molecule has 0 radical (unpaired) electrons. The van der Waals surface area contributed by atoms with E-state index < -0.39 is 48.7 Å². The van der Waals surface area contributed by atoms with Gasteiger partial charge in [-0.15, -0.1) is 12.4 Å². The van der Waals surface area contributed by atoms with E-state index >= 15 is 0 Å². The largest absolute Gasteiger partial charge is 0.405 e. The topological polar surface area (TPSA) is 93.8 Å². The van der Waals surface area contributed by atoms with Gasteiger partial charge in [0.15, 0.2) is 0 Å². The molecule has 3 N–H and O–H groups in total. The monoisotopic (exact) mass is 401 g/mol. The number of piperazine rings is 1. The maximum atomic E-state index is 13.2. The van der Waals surface area contributed by atoms with Gasteiger partial charge < -0.3 is 16.0 Å². The van der Waals surface area contributed by atoms with E-state index in [1.165, 1.54) is 18.7 Å². The highest BCUT2D eigenvalue weighted by Gasteiger charge is 2.46. The van der Waals surface area contributed by atoms with Crippen LogP contribution < -0.4 is 16.0 Å². The molecule has 0 saturated carbocycles. The molecule has 1 unspecified atom stereocenters. The number of imide groups is 1. The van der Waals surface area contributed by atoms with Gasteiger partial charge in [0.05, 0.1) is 0 Å². The Hall–Kier alpha value is -1.59. The molecule has 0 aromatic rings. The molecular formula is C14H23ClF3N5O3. The van der Waals surface area contributed by atoms with E-state index in [9.17, 15) is 27.6 Å². The van der Waals surface area contributed by atoms with Crippen molar-refractivity contribution >= 4 is 30.3 Å². The summed E-state index contributed by atoms with van der Waals surface area (Å²) in [5.74, 6) is -1.41. The van der Waals surface area contributed by atoms with E-state index in [2.05, 4.69) is 16.0 Å². The number of alkyl halides is 3. The van der Waals surface area contributed by atoms with Crippen molar-refractivity contribution in [3.05, 3.63) is 0 Å². The zero-order valence-corrected chi connectivity index (χ0v) is 15.3. The summed E-state index contributed by atoms with van der Waals surface area (Å²) in [5.41, 5.74) is -1.13. The van der Waals surface area contributed by atoms with E-state index in [1.54, 1.807) is 0 Å². The van der Waals surface area contributed by atoms with Crippen LogP contribution in [0.4, 0.5) is 18.0 Å². The number of urea groups is 1. The molecular weight excluding hydrogens is 379 g/mol. The zero-order valence-electron chi connectivity index (χ0n) is 14.5. The molecule has 0 spiro atoms. The number of rotatable bonds is 5. The van der Waals surface area contributed by atoms with Crippen molar-refractivity contribution in [2.24, 2.45) is 0 Å². The Labute approximate surface area is 155 Å². The molecule has 12 heteroatoms. The molecule has 0 aromatic heterocycles. The molecule has 1 atom stereocenters. The van der Waals surface area contributed by atoms with Crippen molar-refractivity contribution in [1.29, 1.82) is 0 Å². The normalized spacial score (nSPS) is 21.8. The van der Waals surface area contributed by atoms with Crippen molar-refractivity contribution < 1.29 is 27.6 Å². The Morgan fingerprint density at radius 3 is 2.31 bits per heavy atom. The van der Waals surface area contributed by atoms with Crippen LogP contribution in [0.25, 0.3) is 0 Å². The lowest BCUT2D eigenvalue weighted by atomic mass is 10.1. The van der Waals surface area contributed by atoms with Gasteiger partial charge in [0.2, 0.25) is 5.91 Å². The van der Waals surface area contributed by atoms with Crippen LogP contribution >= 0.6 is 12.4 Å². The molecule has 26 heavy (non-hydrogen) atoms. The fourth-order valence-electron chi connectivity index (χ4n) is 2.82. The SMILES string of the molecule is CC1(C)NC(=O)N(CC(=O)NCC(N2CCNCC2)C(F)(F)F)C1=O.Cl. The molecule has 0 bridgehead atoms. The average molecular weight is 402 g/mol. The van der Waals surface area contributed by atoms with E-state index in [0.717, 1.165) is 0 Å². The fraction of sp³-hybridized carbons (Fsp3) is 0.786. The molecule has 2 heterocycles. The van der Waals surface area contributed by atoms with Crippen LogP contribution in [0.2, 0.25) is 0 Å². The number of carbonyl (C=O) groups is 3. The van der Waals surface area contributed by atoms with Gasteiger partial charge in [0.25, 0.3) is 5.91 Å². The predicted molar refractivity (Wildman–Crippen MR) is 88.9 cm³/mol. The van der Waals surface area contributed by atoms with Crippen LogP contribution in [0, 0.1) is 0 Å². The lowest BCUT2D eigenvalue weighted by Crippen LogP contribution is -2.58. The van der Waals surface area contributed by atoms with Gasteiger partial charge in [0, 0.05) is 32.7 Å². The molecule has 2 aliphatic heterocycles. The Morgan fingerprint density at radius 1 is 1.27 bits per heavy atom. The number of amides is 4. The third kappa shape index (κ3) is 5.21. The number of nitrogens with zero attached hydrogens (tertiary/aromatic N) is 2. The maximum absolute atomic E-state index is 13.2. The van der Waals surface area contributed by atoms with Crippen LogP contribution in [-0.2, 0) is 9.59 Å². The number of halogens is 4. The minimum atomic E-state index is -4.49. The highest BCUT2D eigenvalue weighted by molar-refractivity contribution is 6.08. The van der Waals surface area contributed by atoms with Gasteiger partial charge >= 0.3 is 12.2 Å². The van der Waals surface area contributed by atoms with Crippen LogP contribution in [-0.4, -0.2) is 84.7 Å². The second-order valence-corrected chi connectivity index (χ2v) is 6.59. The van der Waals surface area contributed by atoms with E-state index in [-0.39, 0.29) is 25.5 Å². The molecule has 2 rings (SSSR count). The molecule has 0 aromatic carbocycles. The summed E-state index contributed by atoms with van der Waals surface area (Å²) in [7, 11) is 0. The van der Waals surface area contributed by atoms with Gasteiger partial charge in [0.1, 0.15) is 18.1 Å². The summed E-state index contributed by atoms with van der Waals surface area (Å²) >= 11 is 0. The molecule has 2 fully saturated rings. The third-order valence-electron chi connectivity index (χ3n) is 4.21. The number of hydrogen-bond acceptors (Lipinski definition) is 5. The molecule has 2 saturated heterocycles. The van der Waals surface area contributed by atoms with Crippen molar-refractivity contribution in [3.63, 3.8) is 0 Å². The Kier molecular flexibility index (Phi) is 7.25. The first-order chi connectivity index (χ1) is 11.5. The Morgan fingerprint density at radius 2 is 1.85 bits per heavy atom. The highest BCUT2D eigenvalue weighted by atomic mass is 35.5. The van der Waals surface area contributed by atoms with Gasteiger partial charge in [-0.2, -0.15) is 13.2 Å². The van der Waals surface area contributed by atoms with Crippen molar-refractivity contribution in [2.75, 3.05) is 39.3 Å². The predicted octanol–water partition coefficient (Wildman–Crippen LogP) is -0.309. The van der Waals surface area contributed by atoms with E-state index in [4.69, 9.17) is 0 Å². The molecule has 0 aliphatic carbocycles. The number of nitrogens with one attached hydrogen (secondary N) is 3. The zero-order chi connectivity index (χ0) is 18.8. The van der Waals surface area contributed by atoms with Crippen LogP contribution in [0.5, 0.6) is 0 Å². The highest BCUT2D eigenvalue weighted by Crippen LogP contribution is 2.24. The summed E-state index contributed by atoms with van der Waals surface area (Å²) in [4.78, 5) is 37.6. The minimum Gasteiger partial charge on any atom is -0.353 e. The lowest BCUT2D eigenvalue weighted by molar-refractivity contribution is -0.184. The van der Waals surface area contributed by atoms with Gasteiger partial charge in [-0.25, -0.2) is 4.79 Å². The number of hydrogen-bond donors (Lipinski definition) is 3. The quantitative estimate of drug-likeness (QED) is 0.550. The first kappa shape index (κ1) is 22.5. The smallest absolute Gasteiger partial charge is 0.353 e. The molecule has 4 amide bonds. The van der Waals surface area contributed by atoms with Crippen molar-refractivity contribution in [2.45, 2.75) is 31.6 Å². The molecule has 8 nitrogen and oxygen atoms in total. The van der Waals surface area contributed by atoms with Gasteiger partial charge in [-0.05, 0) is 13.8 Å². The molecule has 2 aliphatic rings. The van der Waals surface area contributed by atoms with Crippen LogP contribution in [0.15, 0.2) is 0 Å². The fourth-order valence-corrected chi connectivity index (χ4v) is 2.82. The Balaban J connectivity index is 0.00000338. The van der Waals surface area contributed by atoms with Gasteiger partial charge in [-0.3, -0.25) is 19.4 Å². The van der Waals surface area contributed by atoms with Crippen LogP contribution in [0.1, 0.15) is 13.8 Å². The van der Waals surface area contributed by atoms with Crippen molar-refractivity contribution in [3.8, 4) is 0 Å². The minimum absolute atomic E-state index is 0. The first-order valence-corrected chi connectivity index (χ1v) is 7.94. The second-order valence-electron chi connectivity index (χ2n) is 6.59. The summed E-state index contributed by atoms with van der Waals surface area (Å²) in [6, 6.07) is -2.54. The third-order valence-corrected chi connectivity index (χ3v) is 4.21. The summed E-state index contributed by atoms with van der Waals surface area (Å²) in [6.07, 6.45) is -4.49. The maximum Gasteiger partial charge on any atom is 0.405 e. The standard InChI is InChI=1S/C14H22F3N5O3.ClH/c1-13(2)11(24)22(12(25)20-13)8-10(23)19-7-9(14(15,16)17)21-5-3-18-4-6-21;/h9,18H,3-8H2,1-2H3,(H,19,23)(H,20,25);1H. The first-order valence-electron chi connectivity index (χ1n) is 7.94. The van der Waals surface area contributed by atoms with Crippen LogP contribution in [0.3, 0.4) is 0 Å². The van der Waals surface area contributed by atoms with Crippen molar-refractivity contribution in [1.82, 2.24) is 25.8 Å². The average Bonchev–Trinajstić information content (AvgIpc) is 2.69. The summed E-state index contributed by atoms with van der Waals surface area (Å²) < 4.78 is 39.7. The summed E-state index contributed by atoms with van der Waals surface area (Å²) in [6.45, 7) is 3.05. The van der Waals surface area contributed by atoms with E-state index in [0.29, 0.717) is 18.0 Å².